The summed E-state index contributed by atoms with van der Waals surface area (Å²) in [5.74, 6) is 1.40. The fourth-order valence-electron chi connectivity index (χ4n) is 1.09. The SMILES string of the molecule is C#CCCNS(=O)(=O)c1cc(N)c(Br)cc1F. The van der Waals surface area contributed by atoms with E-state index in [0.29, 0.717) is 4.47 Å². The Kier molecular flexibility index (Phi) is 4.51. The number of nitrogens with one attached hydrogen (secondary N) is 1. The van der Waals surface area contributed by atoms with E-state index < -0.39 is 20.7 Å². The molecule has 0 amide bonds. The molecule has 4 nitrogen and oxygen atoms in total. The van der Waals surface area contributed by atoms with Crippen LogP contribution in [0.4, 0.5) is 10.1 Å². The number of nitrogen functional groups attached to an aromatic ring is 1. The fourth-order valence-corrected chi connectivity index (χ4v) is 2.53. The van der Waals surface area contributed by atoms with E-state index in [-0.39, 0.29) is 18.7 Å². The summed E-state index contributed by atoms with van der Waals surface area (Å²) < 4.78 is 39.4. The van der Waals surface area contributed by atoms with Crippen molar-refractivity contribution in [2.45, 2.75) is 11.3 Å². The van der Waals surface area contributed by atoms with Crippen LogP contribution < -0.4 is 10.5 Å². The standard InChI is InChI=1S/C10H10BrFN2O2S/c1-2-3-4-14-17(15,16)10-6-9(13)7(11)5-8(10)12/h1,5-6,14H,3-4,13H2. The van der Waals surface area contributed by atoms with Gasteiger partial charge in [0, 0.05) is 23.1 Å². The molecule has 0 aromatic heterocycles. The highest BCUT2D eigenvalue weighted by molar-refractivity contribution is 9.10. The average Bonchev–Trinajstić information content (AvgIpc) is 2.23. The maximum Gasteiger partial charge on any atom is 0.243 e. The molecular formula is C10H10BrFN2O2S. The van der Waals surface area contributed by atoms with Crippen molar-refractivity contribution < 1.29 is 12.8 Å². The van der Waals surface area contributed by atoms with Crippen LogP contribution in [0.15, 0.2) is 21.5 Å². The van der Waals surface area contributed by atoms with Crippen LogP contribution in [0.1, 0.15) is 6.42 Å². The lowest BCUT2D eigenvalue weighted by molar-refractivity contribution is 0.557. The molecular weight excluding hydrogens is 311 g/mol. The largest absolute Gasteiger partial charge is 0.398 e. The zero-order chi connectivity index (χ0) is 13.1. The van der Waals surface area contributed by atoms with Gasteiger partial charge in [0.15, 0.2) is 0 Å². The summed E-state index contributed by atoms with van der Waals surface area (Å²) in [5, 5.41) is 0. The lowest BCUT2D eigenvalue weighted by Crippen LogP contribution is -2.25. The van der Waals surface area contributed by atoms with E-state index in [9.17, 15) is 12.8 Å². The molecule has 17 heavy (non-hydrogen) atoms. The molecule has 0 atom stereocenters. The third kappa shape index (κ3) is 3.43. The van der Waals surface area contributed by atoms with E-state index in [1.807, 2.05) is 0 Å². The zero-order valence-corrected chi connectivity index (χ0v) is 11.1. The van der Waals surface area contributed by atoms with Crippen molar-refractivity contribution in [3.05, 3.63) is 22.4 Å². The van der Waals surface area contributed by atoms with Gasteiger partial charge in [-0.3, -0.25) is 0 Å². The normalized spacial score (nSPS) is 11.1. The van der Waals surface area contributed by atoms with Crippen molar-refractivity contribution in [2.24, 2.45) is 0 Å². The zero-order valence-electron chi connectivity index (χ0n) is 8.70. The lowest BCUT2D eigenvalue weighted by Gasteiger charge is -2.08. The molecule has 1 aromatic carbocycles. The second kappa shape index (κ2) is 5.49. The van der Waals surface area contributed by atoms with E-state index >= 15 is 0 Å². The maximum atomic E-state index is 13.5. The molecule has 0 fully saturated rings. The third-order valence-corrected chi connectivity index (χ3v) is 4.06. The van der Waals surface area contributed by atoms with Gasteiger partial charge >= 0.3 is 0 Å². The summed E-state index contributed by atoms with van der Waals surface area (Å²) in [6, 6.07) is 2.06. The van der Waals surface area contributed by atoms with E-state index in [1.165, 1.54) is 0 Å². The summed E-state index contributed by atoms with van der Waals surface area (Å²) in [6.07, 6.45) is 5.21. The number of hydrogen-bond donors (Lipinski definition) is 2. The first-order valence-corrected chi connectivity index (χ1v) is 6.83. The predicted octanol–water partition coefficient (Wildman–Crippen LogP) is 1.47. The molecule has 1 rings (SSSR count). The lowest BCUT2D eigenvalue weighted by atomic mass is 10.3. The van der Waals surface area contributed by atoms with E-state index in [2.05, 4.69) is 26.6 Å². The molecule has 0 bridgehead atoms. The summed E-state index contributed by atoms with van der Waals surface area (Å²) in [5.41, 5.74) is 5.65. The average molecular weight is 321 g/mol. The van der Waals surface area contributed by atoms with Crippen molar-refractivity contribution >= 4 is 31.6 Å². The van der Waals surface area contributed by atoms with Gasteiger partial charge in [-0.25, -0.2) is 17.5 Å². The van der Waals surface area contributed by atoms with Crippen LogP contribution in [-0.2, 0) is 10.0 Å². The summed E-state index contributed by atoms with van der Waals surface area (Å²) in [4.78, 5) is -0.491. The first-order valence-electron chi connectivity index (χ1n) is 4.56. The summed E-state index contributed by atoms with van der Waals surface area (Å²) in [7, 11) is -3.92. The van der Waals surface area contributed by atoms with Crippen LogP contribution in [0, 0.1) is 18.2 Å². The van der Waals surface area contributed by atoms with Crippen LogP contribution in [-0.4, -0.2) is 15.0 Å². The van der Waals surface area contributed by atoms with Crippen LogP contribution in [0.3, 0.4) is 0 Å². The third-order valence-electron chi connectivity index (χ3n) is 1.90. The Hall–Kier alpha value is -1.10. The van der Waals surface area contributed by atoms with Crippen molar-refractivity contribution in [3.63, 3.8) is 0 Å². The van der Waals surface area contributed by atoms with Gasteiger partial charge < -0.3 is 5.73 Å². The number of hydrogen-bond acceptors (Lipinski definition) is 3. The van der Waals surface area contributed by atoms with Crippen LogP contribution in [0.2, 0.25) is 0 Å². The molecule has 0 saturated heterocycles. The molecule has 3 N–H and O–H groups in total. The summed E-state index contributed by atoms with van der Waals surface area (Å²) in [6.45, 7) is 0.0498. The van der Waals surface area contributed by atoms with Gasteiger partial charge in [0.25, 0.3) is 0 Å². The topological polar surface area (TPSA) is 72.2 Å². The second-order valence-corrected chi connectivity index (χ2v) is 5.75. The minimum atomic E-state index is -3.92. The highest BCUT2D eigenvalue weighted by atomic mass is 79.9. The second-order valence-electron chi connectivity index (χ2n) is 3.16. The van der Waals surface area contributed by atoms with E-state index in [1.54, 1.807) is 0 Å². The number of nitrogens with two attached hydrogens (primary N) is 1. The number of terminal acetylenes is 1. The van der Waals surface area contributed by atoms with Crippen LogP contribution in [0.5, 0.6) is 0 Å². The minimum absolute atomic E-state index is 0.0498. The highest BCUT2D eigenvalue weighted by Crippen LogP contribution is 2.25. The Bertz CT molecular complexity index is 566. The molecule has 0 radical (unpaired) electrons. The van der Waals surface area contributed by atoms with Crippen molar-refractivity contribution in [2.75, 3.05) is 12.3 Å². The van der Waals surface area contributed by atoms with Gasteiger partial charge in [-0.15, -0.1) is 12.3 Å². The minimum Gasteiger partial charge on any atom is -0.398 e. The van der Waals surface area contributed by atoms with Gasteiger partial charge in [0.1, 0.15) is 10.7 Å². The first-order chi connectivity index (χ1) is 7.88. The monoisotopic (exact) mass is 320 g/mol. The van der Waals surface area contributed by atoms with Crippen molar-refractivity contribution in [1.82, 2.24) is 4.72 Å². The molecule has 0 aliphatic rings. The molecule has 0 aliphatic carbocycles. The Labute approximate surface area is 108 Å². The fraction of sp³-hybridized carbons (Fsp3) is 0.200. The van der Waals surface area contributed by atoms with E-state index in [4.69, 9.17) is 12.2 Å². The molecule has 0 spiro atoms. The number of anilines is 1. The van der Waals surface area contributed by atoms with Crippen LogP contribution in [0.25, 0.3) is 0 Å². The predicted molar refractivity (Wildman–Crippen MR) is 67.2 cm³/mol. The Morgan fingerprint density at radius 1 is 1.53 bits per heavy atom. The molecule has 1 aromatic rings. The first kappa shape index (κ1) is 14.0. The number of sulfonamides is 1. The smallest absolute Gasteiger partial charge is 0.243 e. The Balaban J connectivity index is 3.08. The molecule has 0 aliphatic heterocycles. The molecule has 7 heteroatoms. The Morgan fingerprint density at radius 2 is 2.18 bits per heavy atom. The van der Waals surface area contributed by atoms with Gasteiger partial charge in [-0.05, 0) is 28.1 Å². The number of benzene rings is 1. The van der Waals surface area contributed by atoms with Crippen molar-refractivity contribution in [3.8, 4) is 12.3 Å². The highest BCUT2D eigenvalue weighted by Gasteiger charge is 2.19. The van der Waals surface area contributed by atoms with E-state index in [0.717, 1.165) is 12.1 Å². The quantitative estimate of drug-likeness (QED) is 0.501. The molecule has 92 valence electrons. The number of halogens is 2. The number of rotatable bonds is 4. The summed E-state index contributed by atoms with van der Waals surface area (Å²) >= 11 is 3.00. The molecule has 0 heterocycles. The maximum absolute atomic E-state index is 13.5. The Morgan fingerprint density at radius 3 is 2.76 bits per heavy atom. The molecule has 0 unspecified atom stereocenters. The van der Waals surface area contributed by atoms with Gasteiger partial charge in [0.2, 0.25) is 10.0 Å². The van der Waals surface area contributed by atoms with Crippen LogP contribution >= 0.6 is 15.9 Å². The van der Waals surface area contributed by atoms with Crippen molar-refractivity contribution in [1.29, 1.82) is 0 Å². The van der Waals surface area contributed by atoms with Gasteiger partial charge in [-0.2, -0.15) is 0 Å². The van der Waals surface area contributed by atoms with Gasteiger partial charge in [-0.1, -0.05) is 0 Å². The van der Waals surface area contributed by atoms with Gasteiger partial charge in [0.05, 0.1) is 0 Å². The molecule has 0 saturated carbocycles.